The van der Waals surface area contributed by atoms with E-state index in [1.54, 1.807) is 6.07 Å². The van der Waals surface area contributed by atoms with Gasteiger partial charge in [-0.3, -0.25) is 0 Å². The van der Waals surface area contributed by atoms with Crippen LogP contribution in [0, 0.1) is 37.9 Å². The molecule has 0 radical (unpaired) electrons. The monoisotopic (exact) mass is 287 g/mol. The minimum atomic E-state index is -0.308. The third kappa shape index (κ3) is 3.14. The molecule has 0 fully saturated rings. The molecule has 2 rings (SSSR count). The molecule has 0 saturated carbocycles. The van der Waals surface area contributed by atoms with Crippen molar-refractivity contribution in [3.05, 3.63) is 52.1 Å². The minimum Gasteiger partial charge on any atom is -0.228 e. The number of halogens is 1. The van der Waals surface area contributed by atoms with Gasteiger partial charge in [-0.2, -0.15) is 5.26 Å². The second-order valence-electron chi connectivity index (χ2n) is 4.51. The molecular weight excluding hydrogens is 273 g/mol. The van der Waals surface area contributed by atoms with Crippen LogP contribution in [0.25, 0.3) is 0 Å². The maximum Gasteiger partial charge on any atom is 0.188 e. The SMILES string of the molecule is Cc1nc(SCc2cc(C#N)ccc2F)nc(C)c1C. The quantitative estimate of drug-likeness (QED) is 0.638. The van der Waals surface area contributed by atoms with Crippen LogP contribution in [0.4, 0.5) is 4.39 Å². The first-order valence-corrected chi connectivity index (χ1v) is 7.13. The average Bonchev–Trinajstić information content (AvgIpc) is 2.43. The van der Waals surface area contributed by atoms with Gasteiger partial charge in [0.15, 0.2) is 5.16 Å². The number of aryl methyl sites for hydroxylation is 2. The summed E-state index contributed by atoms with van der Waals surface area (Å²) in [4.78, 5) is 8.77. The van der Waals surface area contributed by atoms with E-state index < -0.39 is 0 Å². The molecule has 0 aliphatic heterocycles. The zero-order valence-electron chi connectivity index (χ0n) is 11.6. The number of hydrogen-bond acceptors (Lipinski definition) is 4. The van der Waals surface area contributed by atoms with Crippen molar-refractivity contribution in [2.75, 3.05) is 0 Å². The average molecular weight is 287 g/mol. The van der Waals surface area contributed by atoms with E-state index in [1.807, 2.05) is 26.8 Å². The fourth-order valence-corrected chi connectivity index (χ4v) is 2.61. The summed E-state index contributed by atoms with van der Waals surface area (Å²) in [6.45, 7) is 5.85. The molecule has 0 saturated heterocycles. The molecule has 0 atom stereocenters. The molecule has 0 N–H and O–H groups in total. The Morgan fingerprint density at radius 3 is 2.45 bits per heavy atom. The van der Waals surface area contributed by atoms with Crippen LogP contribution < -0.4 is 0 Å². The van der Waals surface area contributed by atoms with Gasteiger partial charge in [0.1, 0.15) is 5.82 Å². The Hall–Kier alpha value is -1.93. The second-order valence-corrected chi connectivity index (χ2v) is 5.45. The Bertz CT molecular complexity index is 669. The molecule has 0 bridgehead atoms. The predicted molar refractivity (Wildman–Crippen MR) is 76.9 cm³/mol. The normalized spacial score (nSPS) is 10.3. The summed E-state index contributed by atoms with van der Waals surface area (Å²) in [6.07, 6.45) is 0. The van der Waals surface area contributed by atoms with Crippen LogP contribution in [0.2, 0.25) is 0 Å². The molecule has 2 aromatic rings. The van der Waals surface area contributed by atoms with Crippen molar-refractivity contribution in [1.82, 2.24) is 9.97 Å². The van der Waals surface area contributed by atoms with E-state index in [4.69, 9.17) is 5.26 Å². The zero-order valence-corrected chi connectivity index (χ0v) is 12.4. The van der Waals surface area contributed by atoms with Crippen LogP contribution >= 0.6 is 11.8 Å². The Balaban J connectivity index is 2.19. The van der Waals surface area contributed by atoms with Gasteiger partial charge in [0, 0.05) is 17.1 Å². The Morgan fingerprint density at radius 2 is 1.85 bits per heavy atom. The minimum absolute atomic E-state index is 0.308. The Kier molecular flexibility index (Phi) is 4.35. The molecule has 0 spiro atoms. The summed E-state index contributed by atoms with van der Waals surface area (Å²) in [5.41, 5.74) is 3.90. The summed E-state index contributed by atoms with van der Waals surface area (Å²) in [6, 6.07) is 6.37. The fourth-order valence-electron chi connectivity index (χ4n) is 1.70. The molecule has 0 aliphatic rings. The first-order chi connectivity index (χ1) is 9.51. The van der Waals surface area contributed by atoms with Gasteiger partial charge in [0.25, 0.3) is 0 Å². The number of hydrogen-bond donors (Lipinski definition) is 0. The van der Waals surface area contributed by atoms with Crippen LogP contribution in [-0.4, -0.2) is 9.97 Å². The van der Waals surface area contributed by atoms with Crippen molar-refractivity contribution in [2.45, 2.75) is 31.7 Å². The maximum atomic E-state index is 13.7. The smallest absolute Gasteiger partial charge is 0.188 e. The molecule has 102 valence electrons. The van der Waals surface area contributed by atoms with Crippen LogP contribution in [0.3, 0.4) is 0 Å². The van der Waals surface area contributed by atoms with E-state index in [-0.39, 0.29) is 5.82 Å². The highest BCUT2D eigenvalue weighted by Crippen LogP contribution is 2.23. The molecule has 0 aliphatic carbocycles. The second kappa shape index (κ2) is 6.02. The van der Waals surface area contributed by atoms with E-state index in [9.17, 15) is 4.39 Å². The molecule has 5 heteroatoms. The highest BCUT2D eigenvalue weighted by Gasteiger charge is 2.08. The van der Waals surface area contributed by atoms with Crippen molar-refractivity contribution in [3.63, 3.8) is 0 Å². The van der Waals surface area contributed by atoms with Gasteiger partial charge in [0.05, 0.1) is 11.6 Å². The third-order valence-electron chi connectivity index (χ3n) is 3.14. The van der Waals surface area contributed by atoms with E-state index in [0.717, 1.165) is 17.0 Å². The summed E-state index contributed by atoms with van der Waals surface area (Å²) >= 11 is 1.37. The van der Waals surface area contributed by atoms with Crippen molar-refractivity contribution in [1.29, 1.82) is 5.26 Å². The molecule has 20 heavy (non-hydrogen) atoms. The molecule has 1 heterocycles. The van der Waals surface area contributed by atoms with Gasteiger partial charge in [-0.15, -0.1) is 0 Å². The maximum absolute atomic E-state index is 13.7. The lowest BCUT2D eigenvalue weighted by Gasteiger charge is -2.07. The highest BCUT2D eigenvalue weighted by molar-refractivity contribution is 7.98. The van der Waals surface area contributed by atoms with Crippen molar-refractivity contribution < 1.29 is 4.39 Å². The summed E-state index contributed by atoms with van der Waals surface area (Å²) in [5, 5.41) is 9.47. The lowest BCUT2D eigenvalue weighted by molar-refractivity contribution is 0.617. The van der Waals surface area contributed by atoms with Crippen LogP contribution in [0.15, 0.2) is 23.4 Å². The summed E-state index contributed by atoms with van der Waals surface area (Å²) in [5.74, 6) is 0.0978. The molecule has 0 amide bonds. The topological polar surface area (TPSA) is 49.6 Å². The number of rotatable bonds is 3. The van der Waals surface area contributed by atoms with Gasteiger partial charge in [-0.25, -0.2) is 14.4 Å². The van der Waals surface area contributed by atoms with Crippen molar-refractivity contribution in [2.24, 2.45) is 0 Å². The van der Waals surface area contributed by atoms with Gasteiger partial charge in [-0.05, 0) is 50.1 Å². The van der Waals surface area contributed by atoms with Crippen molar-refractivity contribution >= 4 is 11.8 Å². The van der Waals surface area contributed by atoms with Gasteiger partial charge < -0.3 is 0 Å². The highest BCUT2D eigenvalue weighted by atomic mass is 32.2. The number of benzene rings is 1. The Morgan fingerprint density at radius 1 is 1.20 bits per heavy atom. The number of thioether (sulfide) groups is 1. The molecule has 0 unspecified atom stereocenters. The molecular formula is C15H14FN3S. The van der Waals surface area contributed by atoms with Crippen LogP contribution in [-0.2, 0) is 5.75 Å². The van der Waals surface area contributed by atoms with E-state index in [0.29, 0.717) is 22.0 Å². The lowest BCUT2D eigenvalue weighted by Crippen LogP contribution is -1.98. The predicted octanol–water partition coefficient (Wildman–Crippen LogP) is 3.70. The number of aromatic nitrogens is 2. The lowest BCUT2D eigenvalue weighted by atomic mass is 10.1. The molecule has 3 nitrogen and oxygen atoms in total. The zero-order chi connectivity index (χ0) is 14.7. The van der Waals surface area contributed by atoms with Crippen LogP contribution in [0.1, 0.15) is 28.1 Å². The van der Waals surface area contributed by atoms with Crippen molar-refractivity contribution in [3.8, 4) is 6.07 Å². The molecule has 1 aromatic heterocycles. The third-order valence-corrected chi connectivity index (χ3v) is 4.04. The van der Waals surface area contributed by atoms with E-state index in [1.165, 1.54) is 23.9 Å². The summed E-state index contributed by atoms with van der Waals surface area (Å²) in [7, 11) is 0. The molecule has 1 aromatic carbocycles. The number of nitriles is 1. The van der Waals surface area contributed by atoms with Gasteiger partial charge >= 0.3 is 0 Å². The number of nitrogens with zero attached hydrogens (tertiary/aromatic N) is 3. The van der Waals surface area contributed by atoms with Gasteiger partial charge in [-0.1, -0.05) is 11.8 Å². The van der Waals surface area contributed by atoms with Crippen LogP contribution in [0.5, 0.6) is 0 Å². The fraction of sp³-hybridized carbons (Fsp3) is 0.267. The standard InChI is InChI=1S/C15H14FN3S/c1-9-10(2)18-15(19-11(9)3)20-8-13-6-12(7-17)4-5-14(13)16/h4-6H,8H2,1-3H3. The first-order valence-electron chi connectivity index (χ1n) is 6.14. The van der Waals surface area contributed by atoms with Gasteiger partial charge in [0.2, 0.25) is 0 Å². The largest absolute Gasteiger partial charge is 0.228 e. The first kappa shape index (κ1) is 14.5. The Labute approximate surface area is 121 Å². The van der Waals surface area contributed by atoms with E-state index in [2.05, 4.69) is 9.97 Å². The summed E-state index contributed by atoms with van der Waals surface area (Å²) < 4.78 is 13.7. The van der Waals surface area contributed by atoms with E-state index >= 15 is 0 Å².